The van der Waals surface area contributed by atoms with E-state index >= 15 is 0 Å². The first-order valence-corrected chi connectivity index (χ1v) is 8.78. The molecule has 6 heteroatoms. The number of rotatable bonds is 5. The number of anilines is 1. The lowest BCUT2D eigenvalue weighted by atomic mass is 10.2. The zero-order valence-corrected chi connectivity index (χ0v) is 15.6. The van der Waals surface area contributed by atoms with Gasteiger partial charge in [-0.2, -0.15) is 0 Å². The van der Waals surface area contributed by atoms with Gasteiger partial charge in [0.25, 0.3) is 0 Å². The molecule has 0 aliphatic heterocycles. The molecule has 1 N–H and O–H groups in total. The molecule has 1 heterocycles. The summed E-state index contributed by atoms with van der Waals surface area (Å²) in [4.78, 5) is 23.9. The summed E-state index contributed by atoms with van der Waals surface area (Å²) >= 11 is 5.95. The van der Waals surface area contributed by atoms with Gasteiger partial charge >= 0.3 is 5.97 Å². The molecule has 0 saturated carbocycles. The van der Waals surface area contributed by atoms with Crippen molar-refractivity contribution in [1.82, 2.24) is 0 Å². The van der Waals surface area contributed by atoms with Gasteiger partial charge in [0, 0.05) is 22.2 Å². The topological polar surface area (TPSA) is 68.5 Å². The Labute approximate surface area is 161 Å². The molecule has 0 saturated heterocycles. The van der Waals surface area contributed by atoms with Crippen molar-refractivity contribution in [2.45, 2.75) is 20.0 Å². The molecule has 0 spiro atoms. The maximum absolute atomic E-state index is 12.1. The molecule has 1 amide bonds. The molecule has 27 heavy (non-hydrogen) atoms. The van der Waals surface area contributed by atoms with Gasteiger partial charge in [0.05, 0.1) is 11.7 Å². The molecule has 2 aromatic carbocycles. The number of hydrogen-bond acceptors (Lipinski definition) is 4. The highest BCUT2D eigenvalue weighted by Gasteiger charge is 2.09. The summed E-state index contributed by atoms with van der Waals surface area (Å²) in [7, 11) is 0. The first-order valence-electron chi connectivity index (χ1n) is 8.40. The van der Waals surface area contributed by atoms with Crippen molar-refractivity contribution in [3.63, 3.8) is 0 Å². The van der Waals surface area contributed by atoms with Crippen LogP contribution in [0.2, 0.25) is 5.02 Å². The van der Waals surface area contributed by atoms with E-state index in [0.717, 1.165) is 5.39 Å². The minimum absolute atomic E-state index is 0.184. The van der Waals surface area contributed by atoms with E-state index in [-0.39, 0.29) is 12.0 Å². The Morgan fingerprint density at radius 1 is 1.11 bits per heavy atom. The Morgan fingerprint density at radius 2 is 1.85 bits per heavy atom. The van der Waals surface area contributed by atoms with Gasteiger partial charge in [-0.05, 0) is 68.5 Å². The molecule has 0 radical (unpaired) electrons. The molecule has 0 bridgehead atoms. The Bertz CT molecular complexity index is 1000. The second-order valence-corrected chi connectivity index (χ2v) is 6.62. The van der Waals surface area contributed by atoms with E-state index in [2.05, 4.69) is 5.32 Å². The Hall–Kier alpha value is -3.05. The Kier molecular flexibility index (Phi) is 5.62. The summed E-state index contributed by atoms with van der Waals surface area (Å²) in [6.07, 6.45) is 2.77. The van der Waals surface area contributed by atoms with Crippen LogP contribution in [0.1, 0.15) is 30.0 Å². The van der Waals surface area contributed by atoms with Crippen LogP contribution in [0, 0.1) is 0 Å². The van der Waals surface area contributed by atoms with E-state index in [4.69, 9.17) is 20.8 Å². The predicted molar refractivity (Wildman–Crippen MR) is 106 cm³/mol. The second-order valence-electron chi connectivity index (χ2n) is 6.18. The lowest BCUT2D eigenvalue weighted by Gasteiger charge is -2.08. The van der Waals surface area contributed by atoms with Crippen molar-refractivity contribution in [1.29, 1.82) is 0 Å². The molecule has 138 valence electrons. The fourth-order valence-corrected chi connectivity index (χ4v) is 2.61. The predicted octanol–water partition coefficient (Wildman–Crippen LogP) is 5.30. The van der Waals surface area contributed by atoms with Crippen LogP contribution >= 0.6 is 11.6 Å². The molecule has 0 aliphatic carbocycles. The van der Waals surface area contributed by atoms with E-state index < -0.39 is 5.97 Å². The largest absolute Gasteiger partial charge is 0.459 e. The van der Waals surface area contributed by atoms with Gasteiger partial charge in [-0.1, -0.05) is 11.6 Å². The molecular formula is C21H18ClNO4. The quantitative estimate of drug-likeness (QED) is 0.479. The number of carbonyl (C=O) groups excluding carboxylic acids is 2. The van der Waals surface area contributed by atoms with Crippen molar-refractivity contribution in [2.24, 2.45) is 0 Å². The number of ether oxygens (including phenoxy) is 1. The third-order valence-corrected chi connectivity index (χ3v) is 3.86. The molecule has 5 nitrogen and oxygen atoms in total. The summed E-state index contributed by atoms with van der Waals surface area (Å²) < 4.78 is 10.7. The number of halogens is 1. The van der Waals surface area contributed by atoms with E-state index in [1.165, 1.54) is 6.08 Å². The van der Waals surface area contributed by atoms with Crippen molar-refractivity contribution in [3.8, 4) is 0 Å². The van der Waals surface area contributed by atoms with Crippen LogP contribution in [0.15, 0.2) is 59.0 Å². The summed E-state index contributed by atoms with van der Waals surface area (Å²) in [5.74, 6) is -0.159. The van der Waals surface area contributed by atoms with Gasteiger partial charge in [0.1, 0.15) is 11.3 Å². The lowest BCUT2D eigenvalue weighted by Crippen LogP contribution is -2.12. The molecule has 0 unspecified atom stereocenters. The van der Waals surface area contributed by atoms with Crippen molar-refractivity contribution in [2.75, 3.05) is 5.32 Å². The maximum atomic E-state index is 12.1. The smallest absolute Gasteiger partial charge is 0.338 e. The first kappa shape index (κ1) is 18.7. The SMILES string of the molecule is CC(C)OC(=O)c1ccc(NC(=O)/C=C/c2cc3cc(Cl)ccc3o2)cc1. The average Bonchev–Trinajstić information content (AvgIpc) is 3.02. The summed E-state index contributed by atoms with van der Waals surface area (Å²) in [5, 5.41) is 4.21. The van der Waals surface area contributed by atoms with Crippen LogP contribution in [-0.2, 0) is 9.53 Å². The van der Waals surface area contributed by atoms with Crippen molar-refractivity contribution >= 4 is 46.2 Å². The molecule has 1 aromatic heterocycles. The Balaban J connectivity index is 1.62. The zero-order chi connectivity index (χ0) is 19.4. The standard InChI is InChI=1S/C21H18ClNO4/c1-13(2)26-21(25)14-3-6-17(7-4-14)23-20(24)10-8-18-12-15-11-16(22)5-9-19(15)27-18/h3-13H,1-2H3,(H,23,24)/b10-8+. The number of esters is 1. The normalized spacial score (nSPS) is 11.3. The number of benzene rings is 2. The molecule has 0 atom stereocenters. The summed E-state index contributed by atoms with van der Waals surface area (Å²) in [5.41, 5.74) is 1.70. The molecular weight excluding hydrogens is 366 g/mol. The first-order chi connectivity index (χ1) is 12.9. The van der Waals surface area contributed by atoms with E-state index in [0.29, 0.717) is 27.6 Å². The van der Waals surface area contributed by atoms with Crippen LogP contribution in [0.25, 0.3) is 17.0 Å². The summed E-state index contributed by atoms with van der Waals surface area (Å²) in [6, 6.07) is 13.6. The van der Waals surface area contributed by atoms with Crippen molar-refractivity contribution in [3.05, 3.63) is 71.0 Å². The fraction of sp³-hybridized carbons (Fsp3) is 0.143. The van der Waals surface area contributed by atoms with Crippen LogP contribution in [0.5, 0.6) is 0 Å². The van der Waals surface area contributed by atoms with Gasteiger partial charge in [-0.3, -0.25) is 4.79 Å². The highest BCUT2D eigenvalue weighted by atomic mass is 35.5. The number of amides is 1. The van der Waals surface area contributed by atoms with Crippen LogP contribution in [-0.4, -0.2) is 18.0 Å². The van der Waals surface area contributed by atoms with Crippen LogP contribution in [0.3, 0.4) is 0 Å². The summed E-state index contributed by atoms with van der Waals surface area (Å²) in [6.45, 7) is 3.57. The molecule has 0 fully saturated rings. The van der Waals surface area contributed by atoms with Gasteiger partial charge in [-0.15, -0.1) is 0 Å². The van der Waals surface area contributed by atoms with E-state index in [1.807, 2.05) is 0 Å². The minimum atomic E-state index is -0.396. The number of hydrogen-bond donors (Lipinski definition) is 1. The highest BCUT2D eigenvalue weighted by molar-refractivity contribution is 6.31. The molecule has 3 rings (SSSR count). The van der Waals surface area contributed by atoms with Gasteiger partial charge in [-0.25, -0.2) is 4.79 Å². The fourth-order valence-electron chi connectivity index (χ4n) is 2.43. The van der Waals surface area contributed by atoms with Crippen molar-refractivity contribution < 1.29 is 18.7 Å². The number of furan rings is 1. The molecule has 0 aliphatic rings. The average molecular weight is 384 g/mol. The highest BCUT2D eigenvalue weighted by Crippen LogP contribution is 2.23. The van der Waals surface area contributed by atoms with Gasteiger partial charge in [0.15, 0.2) is 0 Å². The van der Waals surface area contributed by atoms with Crippen LogP contribution in [0.4, 0.5) is 5.69 Å². The number of carbonyl (C=O) groups is 2. The number of fused-ring (bicyclic) bond motifs is 1. The molecule has 3 aromatic rings. The van der Waals surface area contributed by atoms with Gasteiger partial charge < -0.3 is 14.5 Å². The third kappa shape index (κ3) is 4.99. The van der Waals surface area contributed by atoms with E-state index in [1.54, 1.807) is 68.5 Å². The number of nitrogens with one attached hydrogen (secondary N) is 1. The van der Waals surface area contributed by atoms with Crippen LogP contribution < -0.4 is 5.32 Å². The lowest BCUT2D eigenvalue weighted by molar-refractivity contribution is -0.111. The maximum Gasteiger partial charge on any atom is 0.338 e. The van der Waals surface area contributed by atoms with Gasteiger partial charge in [0.2, 0.25) is 5.91 Å². The van der Waals surface area contributed by atoms with E-state index in [9.17, 15) is 9.59 Å². The third-order valence-electron chi connectivity index (χ3n) is 3.63. The Morgan fingerprint density at radius 3 is 2.56 bits per heavy atom. The second kappa shape index (κ2) is 8.10. The monoisotopic (exact) mass is 383 g/mol. The minimum Gasteiger partial charge on any atom is -0.459 e. The zero-order valence-electron chi connectivity index (χ0n) is 14.9.